The average Bonchev–Trinajstić information content (AvgIpc) is 3.50. The maximum Gasteiger partial charge on any atom is 0.305 e. The van der Waals surface area contributed by atoms with Gasteiger partial charge in [-0.15, -0.1) is 0 Å². The predicted octanol–water partition coefficient (Wildman–Crippen LogP) is 26.1. The minimum absolute atomic E-state index is 0.0246. The molecule has 0 bridgehead atoms. The molecular weight excluding hydrogens is 1040 g/mol. The molecule has 6 nitrogen and oxygen atoms in total. The van der Waals surface area contributed by atoms with Gasteiger partial charge in [0.05, 0.1) is 25.4 Å². The van der Waals surface area contributed by atoms with E-state index in [1.807, 2.05) is 0 Å². The number of esters is 1. The van der Waals surface area contributed by atoms with E-state index >= 15 is 0 Å². The Bertz CT molecular complexity index is 1240. The van der Waals surface area contributed by atoms with Crippen LogP contribution in [0.4, 0.5) is 0 Å². The van der Waals surface area contributed by atoms with Gasteiger partial charge >= 0.3 is 5.97 Å². The maximum atomic E-state index is 12.6. The second kappa shape index (κ2) is 75.3. The van der Waals surface area contributed by atoms with Crippen LogP contribution in [0.2, 0.25) is 0 Å². The van der Waals surface area contributed by atoms with Gasteiger partial charge in [0.2, 0.25) is 5.91 Å². The molecule has 2 atom stereocenters. The van der Waals surface area contributed by atoms with E-state index in [0.29, 0.717) is 25.9 Å². The summed E-state index contributed by atoms with van der Waals surface area (Å²) in [5, 5.41) is 23.4. The largest absolute Gasteiger partial charge is 0.466 e. The van der Waals surface area contributed by atoms with E-state index in [2.05, 4.69) is 19.2 Å². The number of hydrogen-bond donors (Lipinski definition) is 3. The van der Waals surface area contributed by atoms with Crippen molar-refractivity contribution in [1.82, 2.24) is 5.32 Å². The van der Waals surface area contributed by atoms with E-state index in [9.17, 15) is 19.8 Å². The van der Waals surface area contributed by atoms with Gasteiger partial charge in [-0.1, -0.05) is 431 Å². The zero-order valence-corrected chi connectivity index (χ0v) is 58.4. The van der Waals surface area contributed by atoms with Gasteiger partial charge < -0.3 is 20.3 Å². The molecule has 0 rings (SSSR count). The molecule has 0 aliphatic carbocycles. The van der Waals surface area contributed by atoms with Crippen molar-refractivity contribution < 1.29 is 24.5 Å². The molecule has 0 fully saturated rings. The molecule has 0 radical (unpaired) electrons. The lowest BCUT2D eigenvalue weighted by Crippen LogP contribution is -2.45. The molecule has 3 N–H and O–H groups in total. The van der Waals surface area contributed by atoms with E-state index < -0.39 is 12.1 Å². The molecule has 0 saturated carbocycles. The average molecular weight is 1200 g/mol. The number of aliphatic hydroxyl groups is 2. The molecule has 0 aromatic carbocycles. The van der Waals surface area contributed by atoms with Crippen molar-refractivity contribution in [2.45, 2.75) is 482 Å². The van der Waals surface area contributed by atoms with Crippen molar-refractivity contribution in [3.05, 3.63) is 0 Å². The first-order valence-electron chi connectivity index (χ1n) is 39.8. The number of ether oxygens (including phenoxy) is 1. The van der Waals surface area contributed by atoms with Crippen LogP contribution >= 0.6 is 0 Å². The van der Waals surface area contributed by atoms with Gasteiger partial charge in [-0.05, 0) is 25.7 Å². The van der Waals surface area contributed by atoms with Crippen molar-refractivity contribution in [3.8, 4) is 0 Å². The van der Waals surface area contributed by atoms with E-state index in [-0.39, 0.29) is 18.5 Å². The Kier molecular flexibility index (Phi) is 74.3. The normalized spacial score (nSPS) is 12.4. The number of aliphatic hydroxyl groups excluding tert-OH is 2. The Morgan fingerprint density at radius 1 is 0.282 bits per heavy atom. The Morgan fingerprint density at radius 3 is 0.718 bits per heavy atom. The topological polar surface area (TPSA) is 95.9 Å². The second-order valence-electron chi connectivity index (χ2n) is 27.8. The molecule has 0 spiro atoms. The highest BCUT2D eigenvalue weighted by Crippen LogP contribution is 2.21. The number of rotatable bonds is 76. The van der Waals surface area contributed by atoms with E-state index in [1.165, 1.54) is 398 Å². The number of carbonyl (C=O) groups excluding carboxylic acids is 2. The Balaban J connectivity index is 3.31. The van der Waals surface area contributed by atoms with Crippen molar-refractivity contribution in [2.24, 2.45) is 0 Å². The monoisotopic (exact) mass is 1200 g/mol. The highest BCUT2D eigenvalue weighted by atomic mass is 16.5. The van der Waals surface area contributed by atoms with Gasteiger partial charge in [-0.3, -0.25) is 9.59 Å². The predicted molar refractivity (Wildman–Crippen MR) is 375 cm³/mol. The van der Waals surface area contributed by atoms with Crippen molar-refractivity contribution >= 4 is 11.9 Å². The van der Waals surface area contributed by atoms with Crippen LogP contribution < -0.4 is 5.32 Å². The smallest absolute Gasteiger partial charge is 0.305 e. The van der Waals surface area contributed by atoms with Crippen LogP contribution in [0.5, 0.6) is 0 Å². The molecule has 0 aliphatic heterocycles. The van der Waals surface area contributed by atoms with Gasteiger partial charge in [0.15, 0.2) is 0 Å². The van der Waals surface area contributed by atoms with Gasteiger partial charge in [0.1, 0.15) is 0 Å². The third-order valence-electron chi connectivity index (χ3n) is 19.2. The molecule has 0 aliphatic rings. The summed E-state index contributed by atoms with van der Waals surface area (Å²) in [6.07, 6.45) is 93.4. The van der Waals surface area contributed by atoms with Crippen molar-refractivity contribution in [1.29, 1.82) is 0 Å². The summed E-state index contributed by atoms with van der Waals surface area (Å²) in [6.45, 7) is 5.02. The van der Waals surface area contributed by atoms with Crippen LogP contribution in [0.25, 0.3) is 0 Å². The molecule has 508 valence electrons. The lowest BCUT2D eigenvalue weighted by molar-refractivity contribution is -0.143. The minimum Gasteiger partial charge on any atom is -0.466 e. The zero-order chi connectivity index (χ0) is 61.3. The van der Waals surface area contributed by atoms with Crippen molar-refractivity contribution in [2.75, 3.05) is 13.2 Å². The first-order chi connectivity index (χ1) is 42.0. The molecule has 6 heteroatoms. The Labute approximate surface area is 534 Å². The fourth-order valence-corrected chi connectivity index (χ4v) is 13.1. The summed E-state index contributed by atoms with van der Waals surface area (Å²) >= 11 is 0. The third kappa shape index (κ3) is 71.8. The Hall–Kier alpha value is -1.14. The summed E-state index contributed by atoms with van der Waals surface area (Å²) in [5.74, 6) is 0.00168. The van der Waals surface area contributed by atoms with E-state index in [0.717, 1.165) is 38.5 Å². The molecule has 0 aromatic rings. The SMILES string of the molecule is CCCCCCCCCCCCCCCCCCCCCCC(O)C(CO)NC(=O)CCCCCCCCCCCCCCCCCCCCCCCCCCCCCCCCCCOC(=O)CCCCCCCCCCCCCCCCCC. The third-order valence-corrected chi connectivity index (χ3v) is 19.2. The highest BCUT2D eigenvalue weighted by Gasteiger charge is 2.20. The molecule has 0 heterocycles. The standard InChI is InChI=1S/C79H157NO5/c1-3-5-7-9-11-13-15-17-19-21-22-37-40-43-47-51-55-59-63-67-71-77(82)76(75-81)80-78(83)72-68-64-60-56-52-48-44-41-38-35-33-31-29-27-25-23-24-26-28-30-32-34-36-39-42-46-50-54-58-62-66-70-74-85-79(84)73-69-65-61-57-53-49-45-20-18-16-14-12-10-8-6-4-2/h76-77,81-82H,3-75H2,1-2H3,(H,80,83). The summed E-state index contributed by atoms with van der Waals surface area (Å²) in [6, 6.07) is -0.538. The lowest BCUT2D eigenvalue weighted by Gasteiger charge is -2.22. The summed E-state index contributed by atoms with van der Waals surface area (Å²) < 4.78 is 5.51. The number of unbranched alkanes of at least 4 members (excludes halogenated alkanes) is 65. The van der Waals surface area contributed by atoms with E-state index in [1.54, 1.807) is 0 Å². The van der Waals surface area contributed by atoms with E-state index in [4.69, 9.17) is 4.74 Å². The first-order valence-corrected chi connectivity index (χ1v) is 39.8. The van der Waals surface area contributed by atoms with Crippen LogP contribution in [0, 0.1) is 0 Å². The number of nitrogens with one attached hydrogen (secondary N) is 1. The molecule has 0 aromatic heterocycles. The van der Waals surface area contributed by atoms with Gasteiger partial charge in [0, 0.05) is 12.8 Å². The number of hydrogen-bond acceptors (Lipinski definition) is 5. The number of carbonyl (C=O) groups is 2. The number of amides is 1. The van der Waals surface area contributed by atoms with Crippen molar-refractivity contribution in [3.63, 3.8) is 0 Å². The van der Waals surface area contributed by atoms with Crippen LogP contribution in [0.1, 0.15) is 470 Å². The highest BCUT2D eigenvalue weighted by molar-refractivity contribution is 5.76. The second-order valence-corrected chi connectivity index (χ2v) is 27.8. The van der Waals surface area contributed by atoms with Gasteiger partial charge in [0.25, 0.3) is 0 Å². The molecular formula is C79H157NO5. The lowest BCUT2D eigenvalue weighted by atomic mass is 10.0. The zero-order valence-electron chi connectivity index (χ0n) is 58.4. The summed E-state index contributed by atoms with van der Waals surface area (Å²) in [4.78, 5) is 24.7. The molecule has 0 saturated heterocycles. The fourth-order valence-electron chi connectivity index (χ4n) is 13.1. The van der Waals surface area contributed by atoms with Crippen LogP contribution in [-0.2, 0) is 14.3 Å². The van der Waals surface area contributed by atoms with Crippen LogP contribution in [-0.4, -0.2) is 47.4 Å². The van der Waals surface area contributed by atoms with Crippen LogP contribution in [0.3, 0.4) is 0 Å². The van der Waals surface area contributed by atoms with Gasteiger partial charge in [-0.25, -0.2) is 0 Å². The molecule has 1 amide bonds. The molecule has 2 unspecified atom stereocenters. The first kappa shape index (κ1) is 83.9. The quantitative estimate of drug-likeness (QED) is 0.0417. The fraction of sp³-hybridized carbons (Fsp3) is 0.975. The molecule has 85 heavy (non-hydrogen) atoms. The Morgan fingerprint density at radius 2 is 0.482 bits per heavy atom. The van der Waals surface area contributed by atoms with Crippen LogP contribution in [0.15, 0.2) is 0 Å². The maximum absolute atomic E-state index is 12.6. The minimum atomic E-state index is -0.661. The summed E-state index contributed by atoms with van der Waals surface area (Å²) in [7, 11) is 0. The van der Waals surface area contributed by atoms with Gasteiger partial charge in [-0.2, -0.15) is 0 Å². The summed E-state index contributed by atoms with van der Waals surface area (Å²) in [5.41, 5.74) is 0.